The van der Waals surface area contributed by atoms with E-state index in [9.17, 15) is 4.39 Å². The molecule has 3 nitrogen and oxygen atoms in total. The van der Waals surface area contributed by atoms with Crippen molar-refractivity contribution in [2.24, 2.45) is 5.84 Å². The van der Waals surface area contributed by atoms with Crippen LogP contribution >= 0.6 is 0 Å². The van der Waals surface area contributed by atoms with Crippen molar-refractivity contribution in [3.05, 3.63) is 58.8 Å². The molecule has 96 valence electrons. The van der Waals surface area contributed by atoms with E-state index in [0.29, 0.717) is 0 Å². The summed E-state index contributed by atoms with van der Waals surface area (Å²) in [6.07, 6.45) is 2.44. The molecule has 0 radical (unpaired) electrons. The fourth-order valence-electron chi connectivity index (χ4n) is 2.21. The summed E-state index contributed by atoms with van der Waals surface area (Å²) in [6.45, 7) is 3.89. The maximum absolute atomic E-state index is 13.1. The van der Waals surface area contributed by atoms with E-state index in [0.717, 1.165) is 28.9 Å². The number of hydrogen-bond acceptors (Lipinski definition) is 3. The lowest BCUT2D eigenvalue weighted by molar-refractivity contribution is 0.501. The molecule has 1 heterocycles. The molecule has 0 aliphatic rings. The molecule has 0 aliphatic heterocycles. The van der Waals surface area contributed by atoms with Crippen molar-refractivity contribution in [2.45, 2.75) is 26.3 Å². The molecule has 2 rings (SSSR count). The Morgan fingerprint density at radius 3 is 2.72 bits per heavy atom. The predicted molar refractivity (Wildman–Crippen MR) is 68.4 cm³/mol. The standard InChI is InChI=1S/C14H17FN2O/c1-3-13-12(6-7-18-13)14(17-16)11-5-4-10(15)8-9(11)2/h4-8,14,17H,3,16H2,1-2H3. The second-order valence-electron chi connectivity index (χ2n) is 4.25. The van der Waals surface area contributed by atoms with Crippen LogP contribution in [0.2, 0.25) is 0 Å². The number of benzene rings is 1. The maximum atomic E-state index is 13.1. The first-order chi connectivity index (χ1) is 8.67. The van der Waals surface area contributed by atoms with Gasteiger partial charge >= 0.3 is 0 Å². The molecular formula is C14H17FN2O. The largest absolute Gasteiger partial charge is 0.469 e. The molecule has 0 fully saturated rings. The van der Waals surface area contributed by atoms with E-state index >= 15 is 0 Å². The molecule has 18 heavy (non-hydrogen) atoms. The Hall–Kier alpha value is -1.65. The average molecular weight is 248 g/mol. The van der Waals surface area contributed by atoms with Crippen molar-refractivity contribution >= 4 is 0 Å². The molecule has 0 amide bonds. The first kappa shape index (κ1) is 12.8. The van der Waals surface area contributed by atoms with Crippen LogP contribution in [0.25, 0.3) is 0 Å². The van der Waals surface area contributed by atoms with Crippen LogP contribution in [0.5, 0.6) is 0 Å². The topological polar surface area (TPSA) is 51.2 Å². The van der Waals surface area contributed by atoms with Crippen LogP contribution in [-0.2, 0) is 6.42 Å². The van der Waals surface area contributed by atoms with E-state index in [-0.39, 0.29) is 11.9 Å². The third kappa shape index (κ3) is 2.30. The molecule has 1 aromatic heterocycles. The summed E-state index contributed by atoms with van der Waals surface area (Å²) >= 11 is 0. The quantitative estimate of drug-likeness (QED) is 0.646. The zero-order chi connectivity index (χ0) is 13.1. The second kappa shape index (κ2) is 5.33. The first-order valence-electron chi connectivity index (χ1n) is 5.95. The summed E-state index contributed by atoms with van der Waals surface area (Å²) in [5.74, 6) is 6.29. The minimum absolute atomic E-state index is 0.181. The lowest BCUT2D eigenvalue weighted by atomic mass is 9.95. The van der Waals surface area contributed by atoms with Crippen LogP contribution < -0.4 is 11.3 Å². The van der Waals surface area contributed by atoms with Gasteiger partial charge in [-0.1, -0.05) is 13.0 Å². The minimum Gasteiger partial charge on any atom is -0.469 e. The fourth-order valence-corrected chi connectivity index (χ4v) is 2.21. The molecule has 4 heteroatoms. The van der Waals surface area contributed by atoms with Gasteiger partial charge < -0.3 is 4.42 Å². The van der Waals surface area contributed by atoms with Gasteiger partial charge in [0.05, 0.1) is 12.3 Å². The summed E-state index contributed by atoms with van der Waals surface area (Å²) in [4.78, 5) is 0. The number of aryl methyl sites for hydroxylation is 2. The van der Waals surface area contributed by atoms with Crippen molar-refractivity contribution in [3.63, 3.8) is 0 Å². The molecule has 0 spiro atoms. The van der Waals surface area contributed by atoms with Crippen LogP contribution in [0.15, 0.2) is 34.9 Å². The summed E-state index contributed by atoms with van der Waals surface area (Å²) in [5.41, 5.74) is 5.58. The average Bonchev–Trinajstić information content (AvgIpc) is 2.81. The van der Waals surface area contributed by atoms with E-state index in [1.54, 1.807) is 12.3 Å². The summed E-state index contributed by atoms with van der Waals surface area (Å²) < 4.78 is 18.5. The van der Waals surface area contributed by atoms with Crippen LogP contribution in [0.1, 0.15) is 35.4 Å². The Bertz CT molecular complexity index is 536. The third-order valence-corrected chi connectivity index (χ3v) is 3.12. The Kier molecular flexibility index (Phi) is 3.79. The Morgan fingerprint density at radius 1 is 1.33 bits per heavy atom. The number of hydrogen-bond donors (Lipinski definition) is 2. The van der Waals surface area contributed by atoms with Gasteiger partial charge in [-0.15, -0.1) is 0 Å². The van der Waals surface area contributed by atoms with Crippen molar-refractivity contribution in [1.82, 2.24) is 5.43 Å². The molecular weight excluding hydrogens is 231 g/mol. The molecule has 1 aromatic carbocycles. The molecule has 0 saturated heterocycles. The number of furan rings is 1. The van der Waals surface area contributed by atoms with Crippen LogP contribution in [0.3, 0.4) is 0 Å². The minimum atomic E-state index is -0.241. The van der Waals surface area contributed by atoms with Gasteiger partial charge in [-0.05, 0) is 36.2 Å². The zero-order valence-electron chi connectivity index (χ0n) is 10.5. The second-order valence-corrected chi connectivity index (χ2v) is 4.25. The highest BCUT2D eigenvalue weighted by Crippen LogP contribution is 2.28. The van der Waals surface area contributed by atoms with E-state index in [2.05, 4.69) is 5.43 Å². The Balaban J connectivity index is 2.45. The number of nitrogens with one attached hydrogen (secondary N) is 1. The van der Waals surface area contributed by atoms with Gasteiger partial charge in [0.15, 0.2) is 0 Å². The van der Waals surface area contributed by atoms with Gasteiger partial charge in [0.25, 0.3) is 0 Å². The molecule has 3 N–H and O–H groups in total. The van der Waals surface area contributed by atoms with E-state index in [4.69, 9.17) is 10.3 Å². The van der Waals surface area contributed by atoms with Crippen LogP contribution in [-0.4, -0.2) is 0 Å². The zero-order valence-corrected chi connectivity index (χ0v) is 10.5. The Labute approximate surface area is 106 Å². The summed E-state index contributed by atoms with van der Waals surface area (Å²) in [6, 6.07) is 6.41. The van der Waals surface area contributed by atoms with Crippen molar-refractivity contribution in [2.75, 3.05) is 0 Å². The summed E-state index contributed by atoms with van der Waals surface area (Å²) in [7, 11) is 0. The normalized spacial score (nSPS) is 12.7. The molecule has 0 bridgehead atoms. The monoisotopic (exact) mass is 248 g/mol. The van der Waals surface area contributed by atoms with Gasteiger partial charge in [-0.3, -0.25) is 5.84 Å². The number of hydrazine groups is 1. The molecule has 0 saturated carbocycles. The third-order valence-electron chi connectivity index (χ3n) is 3.12. The molecule has 1 unspecified atom stereocenters. The SMILES string of the molecule is CCc1occc1C(NN)c1ccc(F)cc1C. The predicted octanol–water partition coefficient (Wildman–Crippen LogP) is 2.84. The number of halogens is 1. The van der Waals surface area contributed by atoms with Gasteiger partial charge in [-0.2, -0.15) is 0 Å². The van der Waals surface area contributed by atoms with E-state index in [1.807, 2.05) is 19.9 Å². The molecule has 0 aliphatic carbocycles. The van der Waals surface area contributed by atoms with Crippen molar-refractivity contribution in [1.29, 1.82) is 0 Å². The lowest BCUT2D eigenvalue weighted by Crippen LogP contribution is -2.29. The number of rotatable bonds is 4. The smallest absolute Gasteiger partial charge is 0.123 e. The number of nitrogens with two attached hydrogens (primary N) is 1. The van der Waals surface area contributed by atoms with Crippen LogP contribution in [0, 0.1) is 12.7 Å². The highest BCUT2D eigenvalue weighted by Gasteiger charge is 2.19. The lowest BCUT2D eigenvalue weighted by Gasteiger charge is -2.18. The van der Waals surface area contributed by atoms with Gasteiger partial charge in [0.2, 0.25) is 0 Å². The first-order valence-corrected chi connectivity index (χ1v) is 5.95. The van der Waals surface area contributed by atoms with E-state index < -0.39 is 0 Å². The van der Waals surface area contributed by atoms with Crippen LogP contribution in [0.4, 0.5) is 4.39 Å². The Morgan fingerprint density at radius 2 is 2.11 bits per heavy atom. The van der Waals surface area contributed by atoms with Gasteiger partial charge in [0.1, 0.15) is 11.6 Å². The van der Waals surface area contributed by atoms with E-state index in [1.165, 1.54) is 12.1 Å². The van der Waals surface area contributed by atoms with Crippen molar-refractivity contribution in [3.8, 4) is 0 Å². The highest BCUT2D eigenvalue weighted by molar-refractivity contribution is 5.38. The molecule has 1 atom stereocenters. The highest BCUT2D eigenvalue weighted by atomic mass is 19.1. The maximum Gasteiger partial charge on any atom is 0.123 e. The van der Waals surface area contributed by atoms with Gasteiger partial charge in [-0.25, -0.2) is 9.82 Å². The summed E-state index contributed by atoms with van der Waals surface area (Å²) in [5, 5.41) is 0. The molecule has 2 aromatic rings. The van der Waals surface area contributed by atoms with Gasteiger partial charge in [0, 0.05) is 12.0 Å². The van der Waals surface area contributed by atoms with Crippen molar-refractivity contribution < 1.29 is 8.81 Å². The fraction of sp³-hybridized carbons (Fsp3) is 0.286.